The lowest BCUT2D eigenvalue weighted by Crippen LogP contribution is -2.43. The Morgan fingerprint density at radius 1 is 1.22 bits per heavy atom. The second kappa shape index (κ2) is 10.7. The summed E-state index contributed by atoms with van der Waals surface area (Å²) in [4.78, 5) is 48.6. The number of nitrogens with one attached hydrogen (secondary N) is 2. The average Bonchev–Trinajstić information content (AvgIpc) is 3.42. The van der Waals surface area contributed by atoms with Crippen molar-refractivity contribution in [1.29, 1.82) is 0 Å². The molecule has 198 valence electrons. The van der Waals surface area contributed by atoms with E-state index < -0.39 is 47.1 Å². The molecule has 0 aliphatic carbocycles. The predicted molar refractivity (Wildman–Crippen MR) is 120 cm³/mol. The molecule has 2 fully saturated rings. The van der Waals surface area contributed by atoms with Crippen molar-refractivity contribution in [2.75, 3.05) is 49.1 Å². The summed E-state index contributed by atoms with van der Waals surface area (Å²) >= 11 is 0. The number of furan rings is 1. The number of ether oxygens (including phenoxy) is 1. The molecule has 2 saturated heterocycles. The highest BCUT2D eigenvalue weighted by molar-refractivity contribution is 5.91. The highest BCUT2D eigenvalue weighted by Gasteiger charge is 2.34. The van der Waals surface area contributed by atoms with E-state index in [1.807, 2.05) is 5.32 Å². The van der Waals surface area contributed by atoms with Gasteiger partial charge >= 0.3 is 24.3 Å². The second-order valence-corrected chi connectivity index (χ2v) is 8.04. The van der Waals surface area contributed by atoms with Crippen LogP contribution in [0.4, 0.5) is 35.2 Å². The lowest BCUT2D eigenvalue weighted by molar-refractivity contribution is -0.402. The molecule has 0 saturated carbocycles. The number of amides is 3. The van der Waals surface area contributed by atoms with Crippen LogP contribution in [0.3, 0.4) is 0 Å². The van der Waals surface area contributed by atoms with E-state index in [2.05, 4.69) is 5.43 Å². The standard InChI is InChI=1S/C21H21F3N6O7/c22-14-9-12(28-11-13(36-21(28)33)10-25-19(31)18(23)24)1-2-15(14)27-6-5-26-29(8-7-27)20(32)16-3-4-17(37-16)30(34)35/h1-4,9,13,18,26H,5-8,10-11H2,(H,25,31). The summed E-state index contributed by atoms with van der Waals surface area (Å²) in [5, 5.41) is 14.0. The SMILES string of the molecule is O=C(NCC1CN(c2ccc(N3CCNN(C(=O)c4ccc([N+](=O)[O-])o4)CC3)c(F)c2)C(=O)O1)C(F)F. The van der Waals surface area contributed by atoms with Crippen molar-refractivity contribution in [3.8, 4) is 0 Å². The Morgan fingerprint density at radius 2 is 2.00 bits per heavy atom. The van der Waals surface area contributed by atoms with Gasteiger partial charge in [0.05, 0.1) is 37.1 Å². The average molecular weight is 526 g/mol. The summed E-state index contributed by atoms with van der Waals surface area (Å²) < 4.78 is 49.7. The number of carbonyl (C=O) groups excluding carboxylic acids is 3. The molecule has 1 aromatic heterocycles. The van der Waals surface area contributed by atoms with Crippen LogP contribution in [0.25, 0.3) is 0 Å². The molecule has 0 bridgehead atoms. The monoisotopic (exact) mass is 526 g/mol. The minimum Gasteiger partial charge on any atom is -0.442 e. The lowest BCUT2D eigenvalue weighted by atomic mass is 10.2. The van der Waals surface area contributed by atoms with Gasteiger partial charge in [0.1, 0.15) is 16.8 Å². The van der Waals surface area contributed by atoms with Crippen LogP contribution < -0.4 is 20.5 Å². The van der Waals surface area contributed by atoms with Crippen LogP contribution in [-0.2, 0) is 9.53 Å². The summed E-state index contributed by atoms with van der Waals surface area (Å²) in [6, 6.07) is 6.34. The van der Waals surface area contributed by atoms with Crippen LogP contribution in [0, 0.1) is 15.9 Å². The molecule has 13 nitrogen and oxygen atoms in total. The van der Waals surface area contributed by atoms with Gasteiger partial charge < -0.3 is 19.4 Å². The van der Waals surface area contributed by atoms with Crippen molar-refractivity contribution in [1.82, 2.24) is 15.8 Å². The molecule has 0 radical (unpaired) electrons. The zero-order chi connectivity index (χ0) is 26.7. The Balaban J connectivity index is 1.37. The Bertz CT molecular complexity index is 1210. The van der Waals surface area contributed by atoms with Gasteiger partial charge in [-0.3, -0.25) is 29.6 Å². The van der Waals surface area contributed by atoms with E-state index in [0.29, 0.717) is 6.54 Å². The number of rotatable bonds is 7. The first-order valence-corrected chi connectivity index (χ1v) is 11.0. The molecule has 1 unspecified atom stereocenters. The minimum absolute atomic E-state index is 0.0726. The van der Waals surface area contributed by atoms with Crippen LogP contribution in [0.15, 0.2) is 34.7 Å². The van der Waals surface area contributed by atoms with Crippen molar-refractivity contribution in [2.24, 2.45) is 0 Å². The molecular formula is C21H21F3N6O7. The molecule has 1 aromatic carbocycles. The van der Waals surface area contributed by atoms with Gasteiger partial charge in [-0.1, -0.05) is 0 Å². The van der Waals surface area contributed by atoms with E-state index in [0.717, 1.165) is 17.0 Å². The van der Waals surface area contributed by atoms with Gasteiger partial charge in [-0.05, 0) is 24.3 Å². The number of anilines is 2. The van der Waals surface area contributed by atoms with Crippen molar-refractivity contribution in [3.05, 3.63) is 52.0 Å². The van der Waals surface area contributed by atoms with E-state index >= 15 is 4.39 Å². The summed E-state index contributed by atoms with van der Waals surface area (Å²) in [7, 11) is 0. The Hall–Kier alpha value is -4.34. The molecule has 4 rings (SSSR count). The number of nitro groups is 1. The summed E-state index contributed by atoms with van der Waals surface area (Å²) in [6.45, 7) is 0.509. The Kier molecular flexibility index (Phi) is 7.47. The van der Waals surface area contributed by atoms with Gasteiger partial charge in [0, 0.05) is 19.6 Å². The van der Waals surface area contributed by atoms with Gasteiger partial charge in [-0.25, -0.2) is 14.6 Å². The zero-order valence-electron chi connectivity index (χ0n) is 19.1. The van der Waals surface area contributed by atoms with E-state index in [9.17, 15) is 33.3 Å². The number of cyclic esters (lactones) is 1. The van der Waals surface area contributed by atoms with E-state index in [-0.39, 0.29) is 49.9 Å². The van der Waals surface area contributed by atoms with Crippen molar-refractivity contribution in [2.45, 2.75) is 12.5 Å². The molecule has 16 heteroatoms. The maximum absolute atomic E-state index is 15.0. The third-order valence-corrected chi connectivity index (χ3v) is 5.67. The van der Waals surface area contributed by atoms with Gasteiger partial charge in [-0.15, -0.1) is 0 Å². The number of hydrogen-bond donors (Lipinski definition) is 2. The Morgan fingerprint density at radius 3 is 2.68 bits per heavy atom. The van der Waals surface area contributed by atoms with Crippen molar-refractivity contribution in [3.63, 3.8) is 0 Å². The number of carbonyl (C=O) groups is 3. The fourth-order valence-electron chi connectivity index (χ4n) is 3.87. The number of halogens is 3. The maximum atomic E-state index is 15.0. The van der Waals surface area contributed by atoms with Crippen molar-refractivity contribution >= 4 is 35.2 Å². The van der Waals surface area contributed by atoms with Gasteiger partial charge in [0.25, 0.3) is 5.91 Å². The maximum Gasteiger partial charge on any atom is 0.433 e. The fourth-order valence-corrected chi connectivity index (χ4v) is 3.87. The number of benzene rings is 1. The summed E-state index contributed by atoms with van der Waals surface area (Å²) in [5.41, 5.74) is 3.26. The largest absolute Gasteiger partial charge is 0.442 e. The molecule has 2 N–H and O–H groups in total. The summed E-state index contributed by atoms with van der Waals surface area (Å²) in [5.74, 6) is -3.53. The molecule has 2 aromatic rings. The van der Waals surface area contributed by atoms with Crippen molar-refractivity contribution < 1.29 is 41.6 Å². The fraction of sp³-hybridized carbons (Fsp3) is 0.381. The number of alkyl halides is 2. The topological polar surface area (TPSA) is 151 Å². The molecule has 2 aliphatic rings. The minimum atomic E-state index is -3.19. The molecule has 3 heterocycles. The van der Waals surface area contributed by atoms with Gasteiger partial charge in [0.15, 0.2) is 0 Å². The van der Waals surface area contributed by atoms with Crippen LogP contribution in [0.2, 0.25) is 0 Å². The highest BCUT2D eigenvalue weighted by Crippen LogP contribution is 2.28. The van der Waals surface area contributed by atoms with E-state index in [1.54, 1.807) is 4.90 Å². The quantitative estimate of drug-likeness (QED) is 0.404. The second-order valence-electron chi connectivity index (χ2n) is 8.04. The van der Waals surface area contributed by atoms with Gasteiger partial charge in [0.2, 0.25) is 5.76 Å². The number of nitrogens with zero attached hydrogens (tertiary/aromatic N) is 4. The molecular weight excluding hydrogens is 505 g/mol. The predicted octanol–water partition coefficient (Wildman–Crippen LogP) is 1.50. The molecule has 2 aliphatic heterocycles. The molecule has 3 amide bonds. The van der Waals surface area contributed by atoms with E-state index in [4.69, 9.17) is 9.15 Å². The number of hydrazine groups is 1. The first kappa shape index (κ1) is 25.7. The third-order valence-electron chi connectivity index (χ3n) is 5.67. The normalized spacial score (nSPS) is 18.1. The highest BCUT2D eigenvalue weighted by atomic mass is 19.3. The summed E-state index contributed by atoms with van der Waals surface area (Å²) in [6.07, 6.45) is -4.88. The van der Waals surface area contributed by atoms with Crippen LogP contribution in [0.5, 0.6) is 0 Å². The third kappa shape index (κ3) is 5.74. The van der Waals surface area contributed by atoms with Crippen LogP contribution in [-0.4, -0.2) is 79.6 Å². The number of hydrogen-bond acceptors (Lipinski definition) is 9. The molecule has 37 heavy (non-hydrogen) atoms. The first-order chi connectivity index (χ1) is 17.6. The van der Waals surface area contributed by atoms with Crippen LogP contribution >= 0.6 is 0 Å². The van der Waals surface area contributed by atoms with Gasteiger partial charge in [-0.2, -0.15) is 8.78 Å². The smallest absolute Gasteiger partial charge is 0.433 e. The first-order valence-electron chi connectivity index (χ1n) is 11.0. The zero-order valence-corrected chi connectivity index (χ0v) is 19.1. The van der Waals surface area contributed by atoms with Crippen LogP contribution in [0.1, 0.15) is 10.6 Å². The van der Waals surface area contributed by atoms with E-state index in [1.165, 1.54) is 23.2 Å². The molecule has 0 spiro atoms. The lowest BCUT2D eigenvalue weighted by Gasteiger charge is -2.24. The Labute approximate surface area is 206 Å². The molecule has 1 atom stereocenters.